The zero-order chi connectivity index (χ0) is 23.2. The molecule has 0 spiro atoms. The number of anilines is 1. The van der Waals surface area contributed by atoms with Gasteiger partial charge in [-0.3, -0.25) is 14.2 Å². The second kappa shape index (κ2) is 10.1. The number of phenolic OH excluding ortho intramolecular Hbond substituents is 1. The van der Waals surface area contributed by atoms with E-state index < -0.39 is 0 Å². The number of amides is 1. The van der Waals surface area contributed by atoms with E-state index in [1.807, 2.05) is 41.0 Å². The van der Waals surface area contributed by atoms with E-state index in [9.17, 15) is 14.7 Å². The normalized spacial score (nSPS) is 10.7. The number of benzene rings is 3. The minimum atomic E-state index is -0.200. The lowest BCUT2D eigenvalue weighted by Gasteiger charge is -2.11. The number of nitrogens with one attached hydrogen (secondary N) is 1. The molecule has 0 fully saturated rings. The van der Waals surface area contributed by atoms with Gasteiger partial charge >= 0.3 is 0 Å². The number of hydrogen-bond donors (Lipinski definition) is 2. The van der Waals surface area contributed by atoms with Crippen LogP contribution in [0.5, 0.6) is 5.75 Å². The van der Waals surface area contributed by atoms with Gasteiger partial charge in [0, 0.05) is 11.3 Å². The van der Waals surface area contributed by atoms with E-state index in [2.05, 4.69) is 15.5 Å². The molecule has 1 heterocycles. The van der Waals surface area contributed by atoms with Gasteiger partial charge in [-0.15, -0.1) is 10.2 Å². The zero-order valence-electron chi connectivity index (χ0n) is 17.9. The van der Waals surface area contributed by atoms with Crippen LogP contribution in [0.25, 0.3) is 11.4 Å². The fourth-order valence-electron chi connectivity index (χ4n) is 3.28. The number of nitrogens with zero attached hydrogens (tertiary/aromatic N) is 3. The van der Waals surface area contributed by atoms with Crippen molar-refractivity contribution in [2.24, 2.45) is 0 Å². The van der Waals surface area contributed by atoms with Gasteiger partial charge in [0.15, 0.2) is 16.8 Å². The molecule has 166 valence electrons. The first-order chi connectivity index (χ1) is 16.0. The number of rotatable bonds is 8. The fraction of sp³-hybridized carbons (Fsp3) is 0.120. The SMILES string of the molecule is CC(=O)c1ccc(NC(=O)CSc2nnc(-c3ccccc3O)n2Cc2ccccc2)cc1. The maximum Gasteiger partial charge on any atom is 0.234 e. The first-order valence-electron chi connectivity index (χ1n) is 10.3. The second-order valence-corrected chi connectivity index (χ2v) is 8.31. The summed E-state index contributed by atoms with van der Waals surface area (Å²) in [6.45, 7) is 1.99. The molecule has 8 heteroatoms. The van der Waals surface area contributed by atoms with Crippen LogP contribution in [0.15, 0.2) is 84.0 Å². The molecule has 2 N–H and O–H groups in total. The van der Waals surface area contributed by atoms with Gasteiger partial charge in [-0.25, -0.2) is 0 Å². The lowest BCUT2D eigenvalue weighted by Crippen LogP contribution is -2.15. The van der Waals surface area contributed by atoms with Crippen molar-refractivity contribution in [3.05, 3.63) is 90.0 Å². The van der Waals surface area contributed by atoms with E-state index >= 15 is 0 Å². The smallest absolute Gasteiger partial charge is 0.234 e. The molecule has 0 aliphatic rings. The van der Waals surface area contributed by atoms with Crippen LogP contribution >= 0.6 is 11.8 Å². The van der Waals surface area contributed by atoms with Gasteiger partial charge in [0.2, 0.25) is 5.91 Å². The Kier molecular flexibility index (Phi) is 6.85. The highest BCUT2D eigenvalue weighted by Gasteiger charge is 2.18. The lowest BCUT2D eigenvalue weighted by atomic mass is 10.1. The summed E-state index contributed by atoms with van der Waals surface area (Å²) in [6, 6.07) is 23.6. The van der Waals surface area contributed by atoms with Crippen molar-refractivity contribution in [1.29, 1.82) is 0 Å². The minimum Gasteiger partial charge on any atom is -0.507 e. The highest BCUT2D eigenvalue weighted by molar-refractivity contribution is 7.99. The highest BCUT2D eigenvalue weighted by atomic mass is 32.2. The Bertz CT molecular complexity index is 1270. The van der Waals surface area contributed by atoms with Crippen LogP contribution in [-0.2, 0) is 11.3 Å². The number of para-hydroxylation sites is 1. The van der Waals surface area contributed by atoms with E-state index in [0.717, 1.165) is 5.56 Å². The van der Waals surface area contributed by atoms with Crippen LogP contribution in [0.4, 0.5) is 5.69 Å². The number of thioether (sulfide) groups is 1. The largest absolute Gasteiger partial charge is 0.507 e. The molecule has 0 unspecified atom stereocenters. The van der Waals surface area contributed by atoms with Crippen molar-refractivity contribution >= 4 is 29.1 Å². The van der Waals surface area contributed by atoms with Crippen molar-refractivity contribution in [2.75, 3.05) is 11.1 Å². The molecule has 1 aromatic heterocycles. The number of phenols is 1. The van der Waals surface area contributed by atoms with Gasteiger partial charge < -0.3 is 10.4 Å². The van der Waals surface area contributed by atoms with Crippen molar-refractivity contribution in [3.8, 4) is 17.1 Å². The van der Waals surface area contributed by atoms with E-state index in [0.29, 0.717) is 34.3 Å². The third kappa shape index (κ3) is 5.48. The molecule has 0 saturated carbocycles. The lowest BCUT2D eigenvalue weighted by molar-refractivity contribution is -0.113. The highest BCUT2D eigenvalue weighted by Crippen LogP contribution is 2.30. The predicted octanol–water partition coefficient (Wildman–Crippen LogP) is 4.63. The van der Waals surface area contributed by atoms with E-state index in [-0.39, 0.29) is 23.2 Å². The second-order valence-electron chi connectivity index (χ2n) is 7.37. The van der Waals surface area contributed by atoms with Crippen LogP contribution in [0.3, 0.4) is 0 Å². The van der Waals surface area contributed by atoms with Crippen molar-refractivity contribution in [1.82, 2.24) is 14.8 Å². The molecule has 3 aromatic carbocycles. The zero-order valence-corrected chi connectivity index (χ0v) is 18.7. The molecule has 0 saturated heterocycles. The van der Waals surface area contributed by atoms with Gasteiger partial charge in [0.1, 0.15) is 5.75 Å². The van der Waals surface area contributed by atoms with Crippen molar-refractivity contribution in [3.63, 3.8) is 0 Å². The third-order valence-corrected chi connectivity index (χ3v) is 5.92. The number of Topliss-reactive ketones (excluding diaryl/α,β-unsaturated/α-hetero) is 1. The van der Waals surface area contributed by atoms with Gasteiger partial charge in [0.05, 0.1) is 17.9 Å². The molecule has 0 bridgehead atoms. The maximum absolute atomic E-state index is 12.5. The van der Waals surface area contributed by atoms with E-state index in [4.69, 9.17) is 0 Å². The number of carbonyl (C=O) groups is 2. The Morgan fingerprint density at radius 1 is 0.939 bits per heavy atom. The number of aromatic nitrogens is 3. The molecule has 33 heavy (non-hydrogen) atoms. The van der Waals surface area contributed by atoms with Crippen LogP contribution < -0.4 is 5.32 Å². The summed E-state index contributed by atoms with van der Waals surface area (Å²) in [4.78, 5) is 23.9. The Balaban J connectivity index is 1.52. The molecule has 7 nitrogen and oxygen atoms in total. The Hall–Kier alpha value is -3.91. The van der Waals surface area contributed by atoms with Gasteiger partial charge in [-0.1, -0.05) is 54.2 Å². The molecule has 0 aliphatic carbocycles. The summed E-state index contributed by atoms with van der Waals surface area (Å²) >= 11 is 1.26. The van der Waals surface area contributed by atoms with Crippen LogP contribution in [-0.4, -0.2) is 37.3 Å². The molecule has 1 amide bonds. The average molecular weight is 459 g/mol. The number of aromatic hydroxyl groups is 1. The molecular formula is C25H22N4O3S. The fourth-order valence-corrected chi connectivity index (χ4v) is 4.02. The predicted molar refractivity (Wildman–Crippen MR) is 128 cm³/mol. The third-order valence-electron chi connectivity index (χ3n) is 4.95. The Labute approximate surface area is 195 Å². The first kappa shape index (κ1) is 22.3. The summed E-state index contributed by atoms with van der Waals surface area (Å²) in [6.07, 6.45) is 0. The monoisotopic (exact) mass is 458 g/mol. The summed E-state index contributed by atoms with van der Waals surface area (Å²) in [5.41, 5.74) is 2.83. The molecule has 4 rings (SSSR count). The number of carbonyl (C=O) groups excluding carboxylic acids is 2. The average Bonchev–Trinajstić information content (AvgIpc) is 3.21. The Morgan fingerprint density at radius 2 is 1.64 bits per heavy atom. The van der Waals surface area contributed by atoms with Gasteiger partial charge in [-0.05, 0) is 48.9 Å². The van der Waals surface area contributed by atoms with Crippen LogP contribution in [0.1, 0.15) is 22.8 Å². The molecular weight excluding hydrogens is 436 g/mol. The minimum absolute atomic E-state index is 0.0264. The van der Waals surface area contributed by atoms with Gasteiger partial charge in [0.25, 0.3) is 0 Å². The van der Waals surface area contributed by atoms with Crippen LogP contribution in [0.2, 0.25) is 0 Å². The van der Waals surface area contributed by atoms with Gasteiger partial charge in [-0.2, -0.15) is 0 Å². The number of ketones is 1. The summed E-state index contributed by atoms with van der Waals surface area (Å²) < 4.78 is 1.89. The molecule has 4 aromatic rings. The molecule has 0 atom stereocenters. The quantitative estimate of drug-likeness (QED) is 0.295. The summed E-state index contributed by atoms with van der Waals surface area (Å²) in [5.74, 6) is 0.542. The standard InChI is InChI=1S/C25H22N4O3S/c1-17(30)19-11-13-20(14-12-19)26-23(32)16-33-25-28-27-24(21-9-5-6-10-22(21)31)29(25)15-18-7-3-2-4-8-18/h2-14,31H,15-16H2,1H3,(H,26,32). The van der Waals surface area contributed by atoms with E-state index in [1.54, 1.807) is 42.5 Å². The van der Waals surface area contributed by atoms with Crippen LogP contribution in [0, 0.1) is 0 Å². The van der Waals surface area contributed by atoms with E-state index in [1.165, 1.54) is 18.7 Å². The molecule has 0 aliphatic heterocycles. The molecule has 0 radical (unpaired) electrons. The first-order valence-corrected chi connectivity index (χ1v) is 11.3. The Morgan fingerprint density at radius 3 is 2.33 bits per heavy atom. The summed E-state index contributed by atoms with van der Waals surface area (Å²) in [5, 5.41) is 22.3. The van der Waals surface area contributed by atoms with Crippen molar-refractivity contribution in [2.45, 2.75) is 18.6 Å². The van der Waals surface area contributed by atoms with Crippen molar-refractivity contribution < 1.29 is 14.7 Å². The maximum atomic E-state index is 12.5. The summed E-state index contributed by atoms with van der Waals surface area (Å²) in [7, 11) is 0. The topological polar surface area (TPSA) is 97.1 Å². The number of hydrogen-bond acceptors (Lipinski definition) is 6.